The van der Waals surface area contributed by atoms with Gasteiger partial charge in [0.15, 0.2) is 6.10 Å². The summed E-state index contributed by atoms with van der Waals surface area (Å²) in [4.78, 5) is 12.4. The van der Waals surface area contributed by atoms with Crippen LogP contribution in [-0.4, -0.2) is 18.6 Å². The number of hydrogen-bond donors (Lipinski definition) is 1. The van der Waals surface area contributed by atoms with Crippen LogP contribution in [0.3, 0.4) is 0 Å². The lowest BCUT2D eigenvalue weighted by Crippen LogP contribution is -2.32. The van der Waals surface area contributed by atoms with Gasteiger partial charge >= 0.3 is 0 Å². The Bertz CT molecular complexity index is 662. The fourth-order valence-corrected chi connectivity index (χ4v) is 2.12. The summed E-state index contributed by atoms with van der Waals surface area (Å²) >= 11 is 0. The van der Waals surface area contributed by atoms with Crippen LogP contribution in [0.2, 0.25) is 0 Å². The third-order valence-electron chi connectivity index (χ3n) is 3.45. The van der Waals surface area contributed by atoms with Crippen molar-refractivity contribution in [3.05, 3.63) is 66.7 Å². The molecule has 1 atom stereocenters. The number of anilines is 1. The van der Waals surface area contributed by atoms with E-state index in [1.165, 1.54) is 0 Å². The molecule has 0 fully saturated rings. The summed E-state index contributed by atoms with van der Waals surface area (Å²) in [5.41, 5.74) is 1.86. The molecule has 1 amide bonds. The van der Waals surface area contributed by atoms with Crippen molar-refractivity contribution in [1.29, 1.82) is 0 Å². The molecule has 0 saturated heterocycles. The summed E-state index contributed by atoms with van der Waals surface area (Å²) in [5.74, 6) is 1.25. The van der Waals surface area contributed by atoms with E-state index in [1.807, 2.05) is 38.1 Å². The molecule has 2 aromatic rings. The zero-order valence-corrected chi connectivity index (χ0v) is 14.1. The van der Waals surface area contributed by atoms with Crippen LogP contribution in [0.25, 0.3) is 0 Å². The molecule has 0 aliphatic rings. The first-order valence-electron chi connectivity index (χ1n) is 8.00. The highest BCUT2D eigenvalue weighted by Gasteiger charge is 2.18. The third kappa shape index (κ3) is 5.16. The van der Waals surface area contributed by atoms with Gasteiger partial charge in [-0.3, -0.25) is 4.79 Å². The molecule has 0 aliphatic carbocycles. The molecule has 1 N–H and O–H groups in total. The standard InChI is InChI=1S/C20H23NO3/c1-4-14-23-17-12-8-16(9-13-17)21-20(22)19(5-2)24-18-10-6-15(3)7-11-18/h4,6-13,19H,1,5,14H2,2-3H3,(H,21,22)/t19-/m1/s1. The smallest absolute Gasteiger partial charge is 0.265 e. The predicted octanol–water partition coefficient (Wildman–Crippen LogP) is 4.36. The van der Waals surface area contributed by atoms with Crippen LogP contribution in [0.15, 0.2) is 61.2 Å². The van der Waals surface area contributed by atoms with Crippen molar-refractivity contribution in [3.8, 4) is 11.5 Å². The minimum Gasteiger partial charge on any atom is -0.490 e. The topological polar surface area (TPSA) is 47.6 Å². The van der Waals surface area contributed by atoms with Gasteiger partial charge < -0.3 is 14.8 Å². The SMILES string of the molecule is C=CCOc1ccc(NC(=O)[C@@H](CC)Oc2ccc(C)cc2)cc1. The number of carbonyl (C=O) groups is 1. The number of ether oxygens (including phenoxy) is 2. The number of carbonyl (C=O) groups excluding carboxylic acids is 1. The Morgan fingerprint density at radius 2 is 1.75 bits per heavy atom. The molecule has 4 heteroatoms. The summed E-state index contributed by atoms with van der Waals surface area (Å²) < 4.78 is 11.2. The lowest BCUT2D eigenvalue weighted by molar-refractivity contribution is -0.122. The average molecular weight is 325 g/mol. The molecule has 0 bridgehead atoms. The number of nitrogens with one attached hydrogen (secondary N) is 1. The Balaban J connectivity index is 1.95. The highest BCUT2D eigenvalue weighted by molar-refractivity contribution is 5.94. The van der Waals surface area contributed by atoms with E-state index in [1.54, 1.807) is 30.3 Å². The maximum Gasteiger partial charge on any atom is 0.265 e. The minimum atomic E-state index is -0.538. The number of rotatable bonds is 8. The lowest BCUT2D eigenvalue weighted by atomic mass is 10.2. The average Bonchev–Trinajstić information content (AvgIpc) is 2.60. The van der Waals surface area contributed by atoms with E-state index >= 15 is 0 Å². The van der Waals surface area contributed by atoms with Crippen molar-refractivity contribution in [2.45, 2.75) is 26.4 Å². The Hall–Kier alpha value is -2.75. The van der Waals surface area contributed by atoms with Crippen LogP contribution < -0.4 is 14.8 Å². The molecule has 0 aliphatic heterocycles. The van der Waals surface area contributed by atoms with Crippen molar-refractivity contribution < 1.29 is 14.3 Å². The van der Waals surface area contributed by atoms with Gasteiger partial charge in [-0.15, -0.1) is 0 Å². The highest BCUT2D eigenvalue weighted by atomic mass is 16.5. The van der Waals surface area contributed by atoms with Crippen LogP contribution in [0, 0.1) is 6.92 Å². The van der Waals surface area contributed by atoms with Crippen LogP contribution >= 0.6 is 0 Å². The van der Waals surface area contributed by atoms with E-state index in [2.05, 4.69) is 11.9 Å². The quantitative estimate of drug-likeness (QED) is 0.734. The fourth-order valence-electron chi connectivity index (χ4n) is 2.12. The first-order valence-corrected chi connectivity index (χ1v) is 8.00. The Morgan fingerprint density at radius 3 is 2.33 bits per heavy atom. The molecule has 0 radical (unpaired) electrons. The van der Waals surface area contributed by atoms with Crippen LogP contribution in [0.5, 0.6) is 11.5 Å². The predicted molar refractivity (Wildman–Crippen MR) is 96.6 cm³/mol. The van der Waals surface area contributed by atoms with Gasteiger partial charge in [0.05, 0.1) is 0 Å². The van der Waals surface area contributed by atoms with Gasteiger partial charge in [-0.1, -0.05) is 37.3 Å². The Kier molecular flexibility index (Phi) is 6.43. The molecular formula is C20H23NO3. The van der Waals surface area contributed by atoms with Crippen molar-refractivity contribution in [1.82, 2.24) is 0 Å². The molecule has 126 valence electrons. The number of benzene rings is 2. The van der Waals surface area contributed by atoms with Gasteiger partial charge in [-0.2, -0.15) is 0 Å². The van der Waals surface area contributed by atoms with Gasteiger partial charge in [0.25, 0.3) is 5.91 Å². The molecule has 0 spiro atoms. The van der Waals surface area contributed by atoms with Gasteiger partial charge in [0, 0.05) is 5.69 Å². The van der Waals surface area contributed by atoms with Gasteiger partial charge in [0.1, 0.15) is 18.1 Å². The monoisotopic (exact) mass is 325 g/mol. The molecule has 0 heterocycles. The lowest BCUT2D eigenvalue weighted by Gasteiger charge is -2.17. The molecule has 2 aromatic carbocycles. The number of aryl methyl sites for hydroxylation is 1. The zero-order chi connectivity index (χ0) is 17.4. The normalized spacial score (nSPS) is 11.4. The van der Waals surface area contributed by atoms with E-state index in [0.29, 0.717) is 24.5 Å². The van der Waals surface area contributed by atoms with E-state index < -0.39 is 6.10 Å². The molecule has 4 nitrogen and oxygen atoms in total. The van der Waals surface area contributed by atoms with Gasteiger partial charge in [0.2, 0.25) is 0 Å². The van der Waals surface area contributed by atoms with Gasteiger partial charge in [-0.05, 0) is 49.7 Å². The highest BCUT2D eigenvalue weighted by Crippen LogP contribution is 2.18. The molecule has 0 saturated carbocycles. The summed E-state index contributed by atoms with van der Waals surface area (Å²) in [7, 11) is 0. The van der Waals surface area contributed by atoms with E-state index in [0.717, 1.165) is 11.3 Å². The molecule has 0 unspecified atom stereocenters. The molecule has 2 rings (SSSR count). The largest absolute Gasteiger partial charge is 0.490 e. The zero-order valence-electron chi connectivity index (χ0n) is 14.1. The van der Waals surface area contributed by atoms with E-state index in [4.69, 9.17) is 9.47 Å². The summed E-state index contributed by atoms with van der Waals surface area (Å²) in [6, 6.07) is 14.9. The first-order chi connectivity index (χ1) is 11.6. The fraction of sp³-hybridized carbons (Fsp3) is 0.250. The molecule has 0 aromatic heterocycles. The van der Waals surface area contributed by atoms with Crippen molar-refractivity contribution in [2.24, 2.45) is 0 Å². The van der Waals surface area contributed by atoms with Crippen molar-refractivity contribution >= 4 is 11.6 Å². The van der Waals surface area contributed by atoms with Crippen LogP contribution in [-0.2, 0) is 4.79 Å². The maximum atomic E-state index is 12.4. The number of hydrogen-bond acceptors (Lipinski definition) is 3. The molecule has 24 heavy (non-hydrogen) atoms. The first kappa shape index (κ1) is 17.6. The second kappa shape index (κ2) is 8.77. The van der Waals surface area contributed by atoms with Gasteiger partial charge in [-0.25, -0.2) is 0 Å². The second-order valence-electron chi connectivity index (χ2n) is 5.44. The van der Waals surface area contributed by atoms with Crippen molar-refractivity contribution in [3.63, 3.8) is 0 Å². The Morgan fingerprint density at radius 1 is 1.12 bits per heavy atom. The van der Waals surface area contributed by atoms with Crippen LogP contribution in [0.1, 0.15) is 18.9 Å². The van der Waals surface area contributed by atoms with Crippen molar-refractivity contribution in [2.75, 3.05) is 11.9 Å². The number of amides is 1. The molecular weight excluding hydrogens is 302 g/mol. The van der Waals surface area contributed by atoms with E-state index in [-0.39, 0.29) is 5.91 Å². The third-order valence-corrected chi connectivity index (χ3v) is 3.45. The maximum absolute atomic E-state index is 12.4. The second-order valence-corrected chi connectivity index (χ2v) is 5.44. The summed E-state index contributed by atoms with van der Waals surface area (Å²) in [6.45, 7) is 7.99. The Labute approximate surface area is 143 Å². The summed E-state index contributed by atoms with van der Waals surface area (Å²) in [6.07, 6.45) is 1.73. The summed E-state index contributed by atoms with van der Waals surface area (Å²) in [5, 5.41) is 2.87. The van der Waals surface area contributed by atoms with Crippen LogP contribution in [0.4, 0.5) is 5.69 Å². The van der Waals surface area contributed by atoms with E-state index in [9.17, 15) is 4.79 Å². The minimum absolute atomic E-state index is 0.169.